The number of benzene rings is 2. The Morgan fingerprint density at radius 3 is 2.29 bits per heavy atom. The maximum absolute atomic E-state index is 13.2. The molecular weight excluding hydrogens is 439 g/mol. The fourth-order valence-electron chi connectivity index (χ4n) is 3.61. The van der Waals surface area contributed by atoms with E-state index in [0.717, 1.165) is 16.3 Å². The van der Waals surface area contributed by atoms with Crippen molar-refractivity contribution in [2.45, 2.75) is 71.2 Å². The highest BCUT2D eigenvalue weighted by Gasteiger charge is 2.31. The van der Waals surface area contributed by atoms with Crippen LogP contribution < -0.4 is 10.6 Å². The fourth-order valence-corrected chi connectivity index (χ4v) is 3.61. The van der Waals surface area contributed by atoms with Crippen LogP contribution in [0.1, 0.15) is 46.6 Å². The van der Waals surface area contributed by atoms with Crippen LogP contribution in [0.4, 0.5) is 4.39 Å². The van der Waals surface area contributed by atoms with Gasteiger partial charge in [0.05, 0.1) is 18.9 Å². The number of fused-ring (bicyclic) bond motifs is 1. The molecular formula is C26H35FN2O5. The number of nitrogens with one attached hydrogen (secondary N) is 2. The molecule has 2 rings (SSSR count). The number of carbonyl (C=O) groups excluding carboxylic acids is 3. The van der Waals surface area contributed by atoms with Crippen LogP contribution in [0.2, 0.25) is 0 Å². The van der Waals surface area contributed by atoms with Crippen molar-refractivity contribution >= 4 is 28.6 Å². The van der Waals surface area contributed by atoms with E-state index < -0.39 is 48.8 Å². The molecule has 8 heteroatoms. The summed E-state index contributed by atoms with van der Waals surface area (Å²) in [4.78, 5) is 38.0. The molecule has 2 aromatic carbocycles. The van der Waals surface area contributed by atoms with Crippen LogP contribution in [-0.4, -0.2) is 53.4 Å². The molecule has 2 unspecified atom stereocenters. The minimum atomic E-state index is -1.59. The number of hydrogen-bond acceptors (Lipinski definition) is 5. The predicted octanol–water partition coefficient (Wildman–Crippen LogP) is 3.07. The maximum atomic E-state index is 13.2. The van der Waals surface area contributed by atoms with Gasteiger partial charge in [0, 0.05) is 0 Å². The van der Waals surface area contributed by atoms with Crippen LogP contribution in [-0.2, 0) is 25.5 Å². The van der Waals surface area contributed by atoms with Gasteiger partial charge in [-0.2, -0.15) is 0 Å². The van der Waals surface area contributed by atoms with Crippen LogP contribution in [0, 0.1) is 5.92 Å². The van der Waals surface area contributed by atoms with E-state index >= 15 is 0 Å². The summed E-state index contributed by atoms with van der Waals surface area (Å²) < 4.78 is 18.4. The Morgan fingerprint density at radius 1 is 1.03 bits per heavy atom. The molecule has 0 aromatic heterocycles. The zero-order valence-corrected chi connectivity index (χ0v) is 20.4. The van der Waals surface area contributed by atoms with E-state index in [0.29, 0.717) is 0 Å². The molecule has 7 nitrogen and oxygen atoms in total. The highest BCUT2D eigenvalue weighted by molar-refractivity contribution is 5.92. The summed E-state index contributed by atoms with van der Waals surface area (Å²) in [6, 6.07) is 11.3. The van der Waals surface area contributed by atoms with Crippen molar-refractivity contribution in [1.82, 2.24) is 10.6 Å². The third-order valence-electron chi connectivity index (χ3n) is 5.25. The van der Waals surface area contributed by atoms with Crippen LogP contribution in [0.3, 0.4) is 0 Å². The summed E-state index contributed by atoms with van der Waals surface area (Å²) in [5.41, 5.74) is 0.0664. The van der Waals surface area contributed by atoms with Gasteiger partial charge < -0.3 is 20.5 Å². The van der Waals surface area contributed by atoms with E-state index in [1.807, 2.05) is 42.5 Å². The number of carbonyl (C=O) groups is 3. The van der Waals surface area contributed by atoms with E-state index in [4.69, 9.17) is 4.74 Å². The van der Waals surface area contributed by atoms with Crippen molar-refractivity contribution in [2.75, 3.05) is 6.67 Å². The third-order valence-corrected chi connectivity index (χ3v) is 5.25. The summed E-state index contributed by atoms with van der Waals surface area (Å²) in [6.45, 7) is 7.43. The monoisotopic (exact) mass is 474 g/mol. The van der Waals surface area contributed by atoms with Gasteiger partial charge >= 0.3 is 5.97 Å². The third kappa shape index (κ3) is 8.09. The van der Waals surface area contributed by atoms with E-state index in [9.17, 15) is 23.9 Å². The molecule has 0 heterocycles. The Bertz CT molecular complexity index is 997. The van der Waals surface area contributed by atoms with E-state index in [1.165, 1.54) is 0 Å². The topological polar surface area (TPSA) is 105 Å². The average molecular weight is 475 g/mol. The molecule has 0 aliphatic carbocycles. The van der Waals surface area contributed by atoms with Gasteiger partial charge in [0.15, 0.2) is 0 Å². The van der Waals surface area contributed by atoms with Crippen molar-refractivity contribution in [2.24, 2.45) is 5.92 Å². The van der Waals surface area contributed by atoms with Crippen molar-refractivity contribution in [3.63, 3.8) is 0 Å². The van der Waals surface area contributed by atoms with Gasteiger partial charge in [-0.05, 0) is 43.0 Å². The maximum Gasteiger partial charge on any atom is 0.308 e. The molecule has 0 aliphatic rings. The number of hydrogen-bond donors (Lipinski definition) is 3. The highest BCUT2D eigenvalue weighted by Crippen LogP contribution is 2.19. The summed E-state index contributed by atoms with van der Waals surface area (Å²) in [5, 5.41) is 17.3. The smallest absolute Gasteiger partial charge is 0.308 e. The molecule has 0 saturated heterocycles. The lowest BCUT2D eigenvalue weighted by Crippen LogP contribution is -2.55. The summed E-state index contributed by atoms with van der Waals surface area (Å²) in [5.74, 6) is -1.92. The van der Waals surface area contributed by atoms with E-state index in [2.05, 4.69) is 10.6 Å². The Labute approximate surface area is 200 Å². The van der Waals surface area contributed by atoms with Crippen LogP contribution >= 0.6 is 0 Å². The van der Waals surface area contributed by atoms with E-state index in [1.54, 1.807) is 34.6 Å². The number of aliphatic hydroxyl groups excluding tert-OH is 1. The molecule has 2 amide bonds. The largest absolute Gasteiger partial charge is 0.460 e. The number of amides is 2. The SMILES string of the molecule is CC(C)[C@H](NC(=O)Cc1cccc2ccccc12)C(=O)NC(CC(=O)OC(C)(C)C)C(O)CF. The molecule has 186 valence electrons. The zero-order valence-electron chi connectivity index (χ0n) is 20.4. The molecule has 2 aromatic rings. The van der Waals surface area contributed by atoms with Gasteiger partial charge in [-0.1, -0.05) is 56.3 Å². The quantitative estimate of drug-likeness (QED) is 0.459. The van der Waals surface area contributed by atoms with Gasteiger partial charge in [-0.15, -0.1) is 0 Å². The van der Waals surface area contributed by atoms with Crippen molar-refractivity contribution in [3.05, 3.63) is 48.0 Å². The molecule has 0 saturated carbocycles. The first-order chi connectivity index (χ1) is 15.9. The molecule has 0 fully saturated rings. The summed E-state index contributed by atoms with van der Waals surface area (Å²) in [7, 11) is 0. The molecule has 0 spiro atoms. The highest BCUT2D eigenvalue weighted by atomic mass is 19.1. The van der Waals surface area contributed by atoms with Crippen molar-refractivity contribution < 1.29 is 28.6 Å². The lowest BCUT2D eigenvalue weighted by Gasteiger charge is -2.28. The Balaban J connectivity index is 2.10. The lowest BCUT2D eigenvalue weighted by atomic mass is 9.99. The molecule has 3 N–H and O–H groups in total. The number of esters is 1. The first-order valence-corrected chi connectivity index (χ1v) is 11.4. The Kier molecular flexibility index (Phi) is 9.55. The number of ether oxygens (including phenoxy) is 1. The van der Waals surface area contributed by atoms with Gasteiger partial charge in [0.2, 0.25) is 11.8 Å². The molecule has 0 radical (unpaired) electrons. The minimum absolute atomic E-state index is 0.0757. The number of rotatable bonds is 10. The first kappa shape index (κ1) is 27.2. The normalized spacial score (nSPS) is 14.4. The van der Waals surface area contributed by atoms with Crippen molar-refractivity contribution in [1.29, 1.82) is 0 Å². The Morgan fingerprint density at radius 2 is 1.68 bits per heavy atom. The molecule has 3 atom stereocenters. The van der Waals surface area contributed by atoms with Crippen molar-refractivity contribution in [3.8, 4) is 0 Å². The standard InChI is InChI=1S/C26H35FN2O5/c1-16(2)24(25(33)28-20(21(30)15-27)14-23(32)34-26(3,4)5)29-22(31)13-18-11-8-10-17-9-6-7-12-19(17)18/h6-12,16,20-21,24,30H,13-15H2,1-5H3,(H,28,33)(H,29,31)/t20?,21?,24-/m0/s1. The second-order valence-electron chi connectivity index (χ2n) is 9.73. The molecule has 0 bridgehead atoms. The summed E-state index contributed by atoms with van der Waals surface area (Å²) in [6.07, 6.45) is -1.91. The number of aliphatic hydroxyl groups is 1. The Hall–Kier alpha value is -3.00. The second-order valence-corrected chi connectivity index (χ2v) is 9.73. The van der Waals surface area contributed by atoms with Crippen LogP contribution in [0.5, 0.6) is 0 Å². The van der Waals surface area contributed by atoms with Crippen LogP contribution in [0.25, 0.3) is 10.8 Å². The second kappa shape index (κ2) is 11.9. The van der Waals surface area contributed by atoms with E-state index in [-0.39, 0.29) is 18.2 Å². The number of halogens is 1. The predicted molar refractivity (Wildman–Crippen MR) is 129 cm³/mol. The lowest BCUT2D eigenvalue weighted by molar-refractivity contribution is -0.156. The molecule has 0 aliphatic heterocycles. The zero-order chi connectivity index (χ0) is 25.5. The fraction of sp³-hybridized carbons (Fsp3) is 0.500. The average Bonchev–Trinajstić information content (AvgIpc) is 2.75. The van der Waals surface area contributed by atoms with Gasteiger partial charge in [-0.25, -0.2) is 4.39 Å². The number of alkyl halides is 1. The molecule has 34 heavy (non-hydrogen) atoms. The van der Waals surface area contributed by atoms with Gasteiger partial charge in [-0.3, -0.25) is 14.4 Å². The minimum Gasteiger partial charge on any atom is -0.460 e. The van der Waals surface area contributed by atoms with Crippen LogP contribution in [0.15, 0.2) is 42.5 Å². The first-order valence-electron chi connectivity index (χ1n) is 11.4. The van der Waals surface area contributed by atoms with Gasteiger partial charge in [0.1, 0.15) is 24.4 Å². The summed E-state index contributed by atoms with van der Waals surface area (Å²) >= 11 is 0. The van der Waals surface area contributed by atoms with Gasteiger partial charge in [0.25, 0.3) is 0 Å².